The number of hydrogen-bond acceptors (Lipinski definition) is 5. The molecule has 0 radical (unpaired) electrons. The van der Waals surface area contributed by atoms with Gasteiger partial charge in [-0.15, -0.1) is 0 Å². The Morgan fingerprint density at radius 1 is 1.36 bits per heavy atom. The monoisotopic (exact) mass is 298 g/mol. The maximum absolute atomic E-state index is 12.0. The summed E-state index contributed by atoms with van der Waals surface area (Å²) < 4.78 is 1.71. The zero-order valence-electron chi connectivity index (χ0n) is 11.7. The summed E-state index contributed by atoms with van der Waals surface area (Å²) in [4.78, 5) is 27.0. The molecular weight excluding hydrogens is 284 g/mol. The van der Waals surface area contributed by atoms with Crippen LogP contribution in [-0.4, -0.2) is 32.3 Å². The summed E-state index contributed by atoms with van der Waals surface area (Å²) in [7, 11) is 0. The number of carbonyl (C=O) groups is 2. The van der Waals surface area contributed by atoms with Crippen molar-refractivity contribution >= 4 is 23.3 Å². The Kier molecular flexibility index (Phi) is 3.90. The molecule has 3 heterocycles. The van der Waals surface area contributed by atoms with Crippen LogP contribution < -0.4 is 10.7 Å². The second-order valence-electron chi connectivity index (χ2n) is 4.81. The van der Waals surface area contributed by atoms with E-state index in [1.165, 1.54) is 0 Å². The molecule has 2 N–H and O–H groups in total. The van der Waals surface area contributed by atoms with Gasteiger partial charge in [-0.05, 0) is 11.6 Å². The van der Waals surface area contributed by atoms with Crippen LogP contribution in [0.15, 0.2) is 41.9 Å². The highest BCUT2D eigenvalue weighted by atomic mass is 16.2. The number of hydrazone groups is 1. The summed E-state index contributed by atoms with van der Waals surface area (Å²) in [5.41, 5.74) is 3.60. The first-order valence-electron chi connectivity index (χ1n) is 6.80. The van der Waals surface area contributed by atoms with E-state index in [9.17, 15) is 9.59 Å². The molecule has 0 saturated carbocycles. The maximum atomic E-state index is 12.0. The van der Waals surface area contributed by atoms with Gasteiger partial charge in [0.2, 0.25) is 5.91 Å². The van der Waals surface area contributed by atoms with Crippen molar-refractivity contribution in [2.24, 2.45) is 5.10 Å². The number of anilines is 1. The Bertz CT molecular complexity index is 722. The normalized spacial score (nSPS) is 14.2. The lowest BCUT2D eigenvalue weighted by Crippen LogP contribution is -2.32. The Morgan fingerprint density at radius 2 is 2.27 bits per heavy atom. The van der Waals surface area contributed by atoms with Crippen LogP contribution in [0.2, 0.25) is 0 Å². The third kappa shape index (κ3) is 3.35. The third-order valence-electron chi connectivity index (χ3n) is 3.12. The summed E-state index contributed by atoms with van der Waals surface area (Å²) >= 11 is 0. The average Bonchev–Trinajstić information content (AvgIpc) is 2.96. The molecule has 1 aliphatic heterocycles. The standard InChI is InChI=1S/C14H14N6O2/c21-13-4-3-11(17-18-13)14(22)16-12-5-7-20(19-12)9-10-2-1-6-15-8-10/h1-2,5-8H,3-4,9H2,(H,18,21)(H,16,19,22). The summed E-state index contributed by atoms with van der Waals surface area (Å²) in [5, 5.41) is 10.7. The molecule has 0 unspecified atom stereocenters. The van der Waals surface area contributed by atoms with E-state index in [1.807, 2.05) is 12.1 Å². The Morgan fingerprint density at radius 3 is 3.00 bits per heavy atom. The van der Waals surface area contributed by atoms with E-state index in [-0.39, 0.29) is 18.2 Å². The number of carbonyl (C=O) groups excluding carboxylic acids is 2. The van der Waals surface area contributed by atoms with Gasteiger partial charge >= 0.3 is 0 Å². The first-order valence-corrected chi connectivity index (χ1v) is 6.80. The predicted molar refractivity (Wildman–Crippen MR) is 79.0 cm³/mol. The van der Waals surface area contributed by atoms with Gasteiger partial charge in [-0.25, -0.2) is 5.43 Å². The molecule has 0 atom stereocenters. The van der Waals surface area contributed by atoms with Gasteiger partial charge in [0.1, 0.15) is 5.71 Å². The fourth-order valence-corrected chi connectivity index (χ4v) is 2.02. The van der Waals surface area contributed by atoms with Crippen molar-refractivity contribution < 1.29 is 9.59 Å². The SMILES string of the molecule is O=C1CCC(C(=O)Nc2ccn(Cc3cccnc3)n2)=NN1. The molecule has 3 rings (SSSR count). The van der Waals surface area contributed by atoms with Gasteiger partial charge in [-0.1, -0.05) is 6.07 Å². The lowest BCUT2D eigenvalue weighted by molar-refractivity contribution is -0.121. The van der Waals surface area contributed by atoms with Crippen molar-refractivity contribution in [2.75, 3.05) is 5.32 Å². The number of pyridine rings is 1. The molecule has 0 fully saturated rings. The van der Waals surface area contributed by atoms with Crippen LogP contribution in [0, 0.1) is 0 Å². The van der Waals surface area contributed by atoms with E-state index >= 15 is 0 Å². The van der Waals surface area contributed by atoms with E-state index in [0.717, 1.165) is 5.56 Å². The maximum Gasteiger partial charge on any atom is 0.273 e. The fourth-order valence-electron chi connectivity index (χ4n) is 2.02. The van der Waals surface area contributed by atoms with Crippen LogP contribution in [0.3, 0.4) is 0 Å². The largest absolute Gasteiger partial charge is 0.304 e. The lowest BCUT2D eigenvalue weighted by Gasteiger charge is -2.10. The van der Waals surface area contributed by atoms with Gasteiger partial charge < -0.3 is 5.32 Å². The molecular formula is C14H14N6O2. The molecule has 2 amide bonds. The topological polar surface area (TPSA) is 101 Å². The van der Waals surface area contributed by atoms with Crippen molar-refractivity contribution in [3.8, 4) is 0 Å². The number of nitrogens with zero attached hydrogens (tertiary/aromatic N) is 4. The lowest BCUT2D eigenvalue weighted by atomic mass is 10.1. The van der Waals surface area contributed by atoms with Crippen molar-refractivity contribution in [2.45, 2.75) is 19.4 Å². The minimum atomic E-state index is -0.355. The van der Waals surface area contributed by atoms with E-state index < -0.39 is 0 Å². The predicted octanol–water partition coefficient (Wildman–Crippen LogP) is 0.531. The van der Waals surface area contributed by atoms with Gasteiger partial charge in [0, 0.05) is 37.5 Å². The molecule has 1 aliphatic rings. The molecule has 0 aromatic carbocycles. The molecule has 2 aromatic rings. The van der Waals surface area contributed by atoms with Crippen molar-refractivity contribution in [3.05, 3.63) is 42.4 Å². The number of amides is 2. The van der Waals surface area contributed by atoms with Crippen LogP contribution in [-0.2, 0) is 16.1 Å². The number of hydrogen-bond donors (Lipinski definition) is 2. The Labute approximate surface area is 126 Å². The summed E-state index contributed by atoms with van der Waals surface area (Å²) in [5.74, 6) is -0.0996. The molecule has 0 aliphatic carbocycles. The summed E-state index contributed by atoms with van der Waals surface area (Å²) in [6.45, 7) is 0.570. The molecule has 8 heteroatoms. The number of nitrogens with one attached hydrogen (secondary N) is 2. The quantitative estimate of drug-likeness (QED) is 0.859. The van der Waals surface area contributed by atoms with E-state index in [4.69, 9.17) is 0 Å². The molecule has 0 bridgehead atoms. The molecule has 2 aromatic heterocycles. The fraction of sp³-hybridized carbons (Fsp3) is 0.214. The summed E-state index contributed by atoms with van der Waals surface area (Å²) in [6, 6.07) is 5.51. The highest BCUT2D eigenvalue weighted by Crippen LogP contribution is 2.07. The number of aromatic nitrogens is 3. The molecule has 22 heavy (non-hydrogen) atoms. The van der Waals surface area contributed by atoms with Crippen LogP contribution in [0.1, 0.15) is 18.4 Å². The van der Waals surface area contributed by atoms with Crippen LogP contribution in [0.4, 0.5) is 5.82 Å². The Balaban J connectivity index is 1.62. The van der Waals surface area contributed by atoms with Crippen LogP contribution in [0.25, 0.3) is 0 Å². The summed E-state index contributed by atoms with van der Waals surface area (Å²) in [6.07, 6.45) is 5.84. The molecule has 8 nitrogen and oxygen atoms in total. The second-order valence-corrected chi connectivity index (χ2v) is 4.81. The van der Waals surface area contributed by atoms with Crippen molar-refractivity contribution in [3.63, 3.8) is 0 Å². The molecule has 0 saturated heterocycles. The van der Waals surface area contributed by atoms with Crippen LogP contribution >= 0.6 is 0 Å². The molecule has 0 spiro atoms. The minimum Gasteiger partial charge on any atom is -0.304 e. The van der Waals surface area contributed by atoms with E-state index in [2.05, 4.69) is 25.9 Å². The highest BCUT2D eigenvalue weighted by Gasteiger charge is 2.18. The van der Waals surface area contributed by atoms with Gasteiger partial charge in [-0.2, -0.15) is 10.2 Å². The van der Waals surface area contributed by atoms with E-state index in [0.29, 0.717) is 24.5 Å². The highest BCUT2D eigenvalue weighted by molar-refractivity contribution is 6.43. The van der Waals surface area contributed by atoms with Crippen molar-refractivity contribution in [1.29, 1.82) is 0 Å². The first kappa shape index (κ1) is 13.9. The molecule has 112 valence electrons. The van der Waals surface area contributed by atoms with Gasteiger partial charge in [0.25, 0.3) is 5.91 Å². The van der Waals surface area contributed by atoms with E-state index in [1.54, 1.807) is 29.3 Å². The smallest absolute Gasteiger partial charge is 0.273 e. The zero-order valence-corrected chi connectivity index (χ0v) is 11.7. The van der Waals surface area contributed by atoms with Crippen molar-refractivity contribution in [1.82, 2.24) is 20.2 Å². The average molecular weight is 298 g/mol. The van der Waals surface area contributed by atoms with Gasteiger partial charge in [0.15, 0.2) is 5.82 Å². The van der Waals surface area contributed by atoms with Gasteiger partial charge in [-0.3, -0.25) is 19.3 Å². The minimum absolute atomic E-state index is 0.183. The van der Waals surface area contributed by atoms with Crippen LogP contribution in [0.5, 0.6) is 0 Å². The second kappa shape index (κ2) is 6.17. The number of rotatable bonds is 4. The third-order valence-corrected chi connectivity index (χ3v) is 3.12. The zero-order chi connectivity index (χ0) is 15.4. The Hall–Kier alpha value is -3.03. The van der Waals surface area contributed by atoms with Gasteiger partial charge in [0.05, 0.1) is 6.54 Å². The first-order chi connectivity index (χ1) is 10.7.